The molecule has 2 heterocycles. The standard InChI is InChI=1S/C23H26N2O5/c1-14-12-17(15(2)25(14)19-6-7-19)4-9-22(26)30-16(3)23(27)24-18-5-8-20-21(13-18)29-11-10-28-20/h4-5,8-9,12-13,16,19H,6-7,10-11H2,1-3H3,(H,24,27)/b9-4+/t16-/m0/s1. The van der Waals surface area contributed by atoms with Crippen molar-refractivity contribution in [2.75, 3.05) is 18.5 Å². The SMILES string of the molecule is Cc1cc(/C=C/C(=O)O[C@@H](C)C(=O)Nc2ccc3c(c2)OCCO3)c(C)n1C1CC1. The van der Waals surface area contributed by atoms with Crippen LogP contribution in [0, 0.1) is 13.8 Å². The molecule has 0 bridgehead atoms. The quantitative estimate of drug-likeness (QED) is 0.579. The summed E-state index contributed by atoms with van der Waals surface area (Å²) in [5, 5.41) is 2.73. The second-order valence-electron chi connectivity index (χ2n) is 7.69. The molecular weight excluding hydrogens is 384 g/mol. The number of rotatable bonds is 6. The number of nitrogens with zero attached hydrogens (tertiary/aromatic N) is 1. The normalized spacial score (nSPS) is 16.4. The number of esters is 1. The van der Waals surface area contributed by atoms with Crippen LogP contribution < -0.4 is 14.8 Å². The number of carbonyl (C=O) groups excluding carboxylic acids is 2. The van der Waals surface area contributed by atoms with E-state index in [1.165, 1.54) is 31.5 Å². The molecule has 1 saturated carbocycles. The van der Waals surface area contributed by atoms with E-state index in [-0.39, 0.29) is 0 Å². The van der Waals surface area contributed by atoms with Gasteiger partial charge < -0.3 is 24.1 Å². The zero-order valence-corrected chi connectivity index (χ0v) is 17.4. The zero-order chi connectivity index (χ0) is 21.3. The summed E-state index contributed by atoms with van der Waals surface area (Å²) in [5.74, 6) is 0.247. The molecule has 1 atom stereocenters. The minimum absolute atomic E-state index is 0.416. The molecule has 1 aliphatic heterocycles. The molecule has 1 fully saturated rings. The Hall–Kier alpha value is -3.22. The second-order valence-corrected chi connectivity index (χ2v) is 7.69. The minimum atomic E-state index is -0.936. The van der Waals surface area contributed by atoms with Crippen LogP contribution in [0.2, 0.25) is 0 Å². The highest BCUT2D eigenvalue weighted by atomic mass is 16.6. The molecule has 1 aromatic heterocycles. The van der Waals surface area contributed by atoms with Gasteiger partial charge in [-0.05, 0) is 63.5 Å². The first-order valence-corrected chi connectivity index (χ1v) is 10.2. The molecule has 158 valence electrons. The largest absolute Gasteiger partial charge is 0.486 e. The van der Waals surface area contributed by atoms with E-state index in [1.807, 2.05) is 0 Å². The molecule has 2 aliphatic rings. The van der Waals surface area contributed by atoms with Crippen molar-refractivity contribution in [3.05, 3.63) is 47.3 Å². The summed E-state index contributed by atoms with van der Waals surface area (Å²) in [7, 11) is 0. The van der Waals surface area contributed by atoms with Gasteiger partial charge in [-0.25, -0.2) is 4.79 Å². The van der Waals surface area contributed by atoms with E-state index < -0.39 is 18.0 Å². The molecule has 0 radical (unpaired) electrons. The van der Waals surface area contributed by atoms with E-state index in [2.05, 4.69) is 29.8 Å². The van der Waals surface area contributed by atoms with Crippen molar-refractivity contribution >= 4 is 23.6 Å². The zero-order valence-electron chi connectivity index (χ0n) is 17.4. The lowest BCUT2D eigenvalue weighted by Crippen LogP contribution is -2.29. The van der Waals surface area contributed by atoms with Crippen LogP contribution >= 0.6 is 0 Å². The van der Waals surface area contributed by atoms with Crippen LogP contribution in [0.25, 0.3) is 6.08 Å². The number of aromatic nitrogens is 1. The number of aryl methyl sites for hydroxylation is 1. The molecule has 1 amide bonds. The molecular formula is C23H26N2O5. The van der Waals surface area contributed by atoms with Gasteiger partial charge in [0.05, 0.1) is 0 Å². The van der Waals surface area contributed by atoms with Gasteiger partial charge in [0.2, 0.25) is 0 Å². The fourth-order valence-electron chi connectivity index (χ4n) is 3.66. The van der Waals surface area contributed by atoms with Crippen molar-refractivity contribution in [3.63, 3.8) is 0 Å². The molecule has 1 aromatic carbocycles. The number of fused-ring (bicyclic) bond motifs is 1. The first-order valence-electron chi connectivity index (χ1n) is 10.2. The Balaban J connectivity index is 1.33. The Bertz CT molecular complexity index is 1000. The smallest absolute Gasteiger partial charge is 0.331 e. The van der Waals surface area contributed by atoms with Crippen molar-refractivity contribution < 1.29 is 23.8 Å². The first kappa shape index (κ1) is 20.1. The highest BCUT2D eigenvalue weighted by molar-refractivity contribution is 5.96. The molecule has 0 unspecified atom stereocenters. The summed E-state index contributed by atoms with van der Waals surface area (Å²) in [6, 6.07) is 7.80. The van der Waals surface area contributed by atoms with Crippen LogP contribution in [0.3, 0.4) is 0 Å². The molecule has 1 N–H and O–H groups in total. The maximum Gasteiger partial charge on any atom is 0.331 e. The number of anilines is 1. The van der Waals surface area contributed by atoms with E-state index in [0.29, 0.717) is 36.4 Å². The van der Waals surface area contributed by atoms with Gasteiger partial charge in [-0.15, -0.1) is 0 Å². The maximum absolute atomic E-state index is 12.4. The third-order valence-corrected chi connectivity index (χ3v) is 5.31. The molecule has 4 rings (SSSR count). The topological polar surface area (TPSA) is 78.8 Å². The van der Waals surface area contributed by atoms with Crippen molar-refractivity contribution in [1.82, 2.24) is 4.57 Å². The maximum atomic E-state index is 12.4. The Morgan fingerprint density at radius 2 is 1.90 bits per heavy atom. The number of carbonyl (C=O) groups is 2. The average Bonchev–Trinajstić information content (AvgIpc) is 3.51. The van der Waals surface area contributed by atoms with Gasteiger partial charge in [0.25, 0.3) is 5.91 Å². The predicted molar refractivity (Wildman–Crippen MR) is 113 cm³/mol. The van der Waals surface area contributed by atoms with Crippen molar-refractivity contribution in [3.8, 4) is 11.5 Å². The van der Waals surface area contributed by atoms with Gasteiger partial charge in [0.15, 0.2) is 17.6 Å². The third kappa shape index (κ3) is 4.35. The fourth-order valence-corrected chi connectivity index (χ4v) is 3.66. The van der Waals surface area contributed by atoms with E-state index in [1.54, 1.807) is 24.3 Å². The summed E-state index contributed by atoms with van der Waals surface area (Å²) in [5.41, 5.74) is 3.87. The highest BCUT2D eigenvalue weighted by Gasteiger charge is 2.26. The van der Waals surface area contributed by atoms with E-state index in [4.69, 9.17) is 14.2 Å². The minimum Gasteiger partial charge on any atom is -0.486 e. The van der Waals surface area contributed by atoms with Gasteiger partial charge in [-0.2, -0.15) is 0 Å². The Morgan fingerprint density at radius 3 is 2.63 bits per heavy atom. The number of hydrogen-bond donors (Lipinski definition) is 1. The summed E-state index contributed by atoms with van der Waals surface area (Å²) >= 11 is 0. The Morgan fingerprint density at radius 1 is 1.17 bits per heavy atom. The number of ether oxygens (including phenoxy) is 3. The summed E-state index contributed by atoms with van der Waals surface area (Å²) in [4.78, 5) is 24.6. The van der Waals surface area contributed by atoms with Crippen LogP contribution in [-0.4, -0.2) is 35.8 Å². The van der Waals surface area contributed by atoms with E-state index in [9.17, 15) is 9.59 Å². The molecule has 1 aliphatic carbocycles. The molecule has 0 saturated heterocycles. The number of benzene rings is 1. The molecule has 0 spiro atoms. The van der Waals surface area contributed by atoms with Gasteiger partial charge in [-0.3, -0.25) is 4.79 Å². The van der Waals surface area contributed by atoms with Crippen LogP contribution in [0.4, 0.5) is 5.69 Å². The highest BCUT2D eigenvalue weighted by Crippen LogP contribution is 2.38. The monoisotopic (exact) mass is 410 g/mol. The number of amides is 1. The molecule has 2 aromatic rings. The van der Waals surface area contributed by atoms with E-state index in [0.717, 1.165) is 11.3 Å². The third-order valence-electron chi connectivity index (χ3n) is 5.31. The summed E-state index contributed by atoms with van der Waals surface area (Å²) < 4.78 is 18.5. The van der Waals surface area contributed by atoms with Gasteiger partial charge in [-0.1, -0.05) is 0 Å². The van der Waals surface area contributed by atoms with Crippen LogP contribution in [0.1, 0.15) is 42.8 Å². The second kappa shape index (κ2) is 8.26. The van der Waals surface area contributed by atoms with Gasteiger partial charge in [0.1, 0.15) is 13.2 Å². The Kier molecular flexibility index (Phi) is 5.53. The lowest BCUT2D eigenvalue weighted by molar-refractivity contribution is -0.148. The van der Waals surface area contributed by atoms with Crippen molar-refractivity contribution in [1.29, 1.82) is 0 Å². The first-order chi connectivity index (χ1) is 14.4. The fraction of sp³-hybridized carbons (Fsp3) is 0.391. The van der Waals surface area contributed by atoms with Gasteiger partial charge in [0, 0.05) is 35.3 Å². The molecule has 30 heavy (non-hydrogen) atoms. The number of hydrogen-bond acceptors (Lipinski definition) is 5. The average molecular weight is 410 g/mol. The van der Waals surface area contributed by atoms with Crippen LogP contribution in [-0.2, 0) is 14.3 Å². The molecule has 7 heteroatoms. The van der Waals surface area contributed by atoms with Crippen LogP contribution in [0.5, 0.6) is 11.5 Å². The summed E-state index contributed by atoms with van der Waals surface area (Å²) in [6.45, 7) is 6.64. The lowest BCUT2D eigenvalue weighted by atomic mass is 10.2. The molecule has 7 nitrogen and oxygen atoms in total. The lowest BCUT2D eigenvalue weighted by Gasteiger charge is -2.19. The predicted octanol–water partition coefficient (Wildman–Crippen LogP) is 3.79. The van der Waals surface area contributed by atoms with Crippen molar-refractivity contribution in [2.24, 2.45) is 0 Å². The van der Waals surface area contributed by atoms with Gasteiger partial charge >= 0.3 is 5.97 Å². The van der Waals surface area contributed by atoms with Crippen molar-refractivity contribution in [2.45, 2.75) is 45.8 Å². The number of nitrogens with one attached hydrogen (secondary N) is 1. The van der Waals surface area contributed by atoms with E-state index >= 15 is 0 Å². The Labute approximate surface area is 175 Å². The van der Waals surface area contributed by atoms with Crippen LogP contribution in [0.15, 0.2) is 30.3 Å². The summed E-state index contributed by atoms with van der Waals surface area (Å²) in [6.07, 6.45) is 4.59.